The number of nitrogens with zero attached hydrogens (tertiary/aromatic N) is 6. The number of ether oxygens (including phenoxy) is 1. The average molecular weight is 539 g/mol. The van der Waals surface area contributed by atoms with Gasteiger partial charge < -0.3 is 19.5 Å². The number of hydrogen-bond acceptors (Lipinski definition) is 5. The van der Waals surface area contributed by atoms with Gasteiger partial charge in [0.05, 0.1) is 13.2 Å². The predicted octanol–water partition coefficient (Wildman–Crippen LogP) is 1.97. The first-order valence-corrected chi connectivity index (χ1v) is 11.0. The van der Waals surface area contributed by atoms with Crippen LogP contribution in [0.1, 0.15) is 29.2 Å². The molecule has 9 heteroatoms. The zero-order valence-electron chi connectivity index (χ0n) is 18.6. The number of guanidine groups is 1. The molecular formula is C22H34IN7O. The Bertz CT molecular complexity index is 863. The number of aliphatic imine (C=N–C) groups is 1. The lowest BCUT2D eigenvalue weighted by molar-refractivity contribution is 0.0375. The second-order valence-corrected chi connectivity index (χ2v) is 8.04. The maximum Gasteiger partial charge on any atom is 0.194 e. The molecule has 3 heterocycles. The molecular weight excluding hydrogens is 505 g/mol. The lowest BCUT2D eigenvalue weighted by atomic mass is 10.0. The standard InChI is InChI=1S/C22H33N7O.HI/c1-18-25-26-21(27(18)2)16-24-22(23-9-5-10-28-12-14-30-15-13-28)29-11-8-19-6-3-4-7-20(19)17-29;/h3-4,6-7H,5,8-17H2,1-2H3,(H,23,24);1H. The van der Waals surface area contributed by atoms with Crippen LogP contribution in [0.3, 0.4) is 0 Å². The van der Waals surface area contributed by atoms with Crippen molar-refractivity contribution in [2.45, 2.75) is 32.9 Å². The monoisotopic (exact) mass is 539 g/mol. The molecule has 170 valence electrons. The van der Waals surface area contributed by atoms with Crippen molar-refractivity contribution in [1.29, 1.82) is 0 Å². The van der Waals surface area contributed by atoms with Crippen LogP contribution in [0.25, 0.3) is 0 Å². The summed E-state index contributed by atoms with van der Waals surface area (Å²) < 4.78 is 7.45. The van der Waals surface area contributed by atoms with Gasteiger partial charge in [0, 0.05) is 39.8 Å². The van der Waals surface area contributed by atoms with Crippen molar-refractivity contribution < 1.29 is 4.74 Å². The minimum atomic E-state index is 0. The van der Waals surface area contributed by atoms with E-state index < -0.39 is 0 Å². The highest BCUT2D eigenvalue weighted by molar-refractivity contribution is 14.0. The van der Waals surface area contributed by atoms with Crippen LogP contribution in [0.5, 0.6) is 0 Å². The quantitative estimate of drug-likeness (QED) is 0.262. The Morgan fingerprint density at radius 2 is 1.90 bits per heavy atom. The number of nitrogens with one attached hydrogen (secondary N) is 1. The molecule has 0 atom stereocenters. The summed E-state index contributed by atoms with van der Waals surface area (Å²) in [6.45, 7) is 10.1. The molecule has 0 amide bonds. The number of rotatable bonds is 6. The van der Waals surface area contributed by atoms with Gasteiger partial charge in [-0.1, -0.05) is 24.3 Å². The summed E-state index contributed by atoms with van der Waals surface area (Å²) in [5.74, 6) is 2.76. The molecule has 2 aromatic rings. The molecule has 0 bridgehead atoms. The number of aryl methyl sites for hydroxylation is 1. The van der Waals surface area contributed by atoms with E-state index in [2.05, 4.69) is 49.6 Å². The first-order valence-electron chi connectivity index (χ1n) is 11.0. The summed E-state index contributed by atoms with van der Waals surface area (Å²) in [4.78, 5) is 9.76. The van der Waals surface area contributed by atoms with Crippen LogP contribution in [0.2, 0.25) is 0 Å². The van der Waals surface area contributed by atoms with E-state index in [1.807, 2.05) is 18.5 Å². The van der Waals surface area contributed by atoms with Gasteiger partial charge in [0.25, 0.3) is 0 Å². The fourth-order valence-electron chi connectivity index (χ4n) is 4.01. The summed E-state index contributed by atoms with van der Waals surface area (Å²) in [6, 6.07) is 8.71. The molecule has 1 aromatic heterocycles. The number of benzene rings is 1. The summed E-state index contributed by atoms with van der Waals surface area (Å²) in [7, 11) is 1.99. The lowest BCUT2D eigenvalue weighted by Gasteiger charge is -2.32. The Morgan fingerprint density at radius 1 is 1.13 bits per heavy atom. The van der Waals surface area contributed by atoms with Gasteiger partial charge in [-0.15, -0.1) is 34.2 Å². The molecule has 2 aliphatic rings. The molecule has 0 saturated carbocycles. The molecule has 1 saturated heterocycles. The maximum atomic E-state index is 5.44. The molecule has 1 fully saturated rings. The third kappa shape index (κ3) is 6.39. The Morgan fingerprint density at radius 3 is 2.65 bits per heavy atom. The van der Waals surface area contributed by atoms with E-state index in [-0.39, 0.29) is 24.0 Å². The largest absolute Gasteiger partial charge is 0.379 e. The predicted molar refractivity (Wildman–Crippen MR) is 133 cm³/mol. The van der Waals surface area contributed by atoms with E-state index in [0.29, 0.717) is 6.54 Å². The van der Waals surface area contributed by atoms with Crippen molar-refractivity contribution in [1.82, 2.24) is 29.9 Å². The van der Waals surface area contributed by atoms with Crippen molar-refractivity contribution in [3.63, 3.8) is 0 Å². The molecule has 1 aromatic carbocycles. The van der Waals surface area contributed by atoms with Gasteiger partial charge in [0.2, 0.25) is 0 Å². The fraction of sp³-hybridized carbons (Fsp3) is 0.591. The van der Waals surface area contributed by atoms with Crippen molar-refractivity contribution in [2.75, 3.05) is 45.9 Å². The number of morpholine rings is 1. The highest BCUT2D eigenvalue weighted by Gasteiger charge is 2.19. The molecule has 1 N–H and O–H groups in total. The van der Waals surface area contributed by atoms with Gasteiger partial charge in [0.15, 0.2) is 11.8 Å². The van der Waals surface area contributed by atoms with Crippen molar-refractivity contribution >= 4 is 29.9 Å². The van der Waals surface area contributed by atoms with Gasteiger partial charge in [-0.05, 0) is 37.4 Å². The third-order valence-corrected chi connectivity index (χ3v) is 6.02. The smallest absolute Gasteiger partial charge is 0.194 e. The molecule has 8 nitrogen and oxygen atoms in total. The SMILES string of the molecule is Cc1nnc(CN=C(NCCCN2CCOCC2)N2CCc3ccccc3C2)n1C.I. The van der Waals surface area contributed by atoms with Crippen LogP contribution in [0, 0.1) is 6.92 Å². The fourth-order valence-corrected chi connectivity index (χ4v) is 4.01. The molecule has 0 spiro atoms. The van der Waals surface area contributed by atoms with Crippen LogP contribution < -0.4 is 5.32 Å². The van der Waals surface area contributed by atoms with Gasteiger partial charge in [-0.3, -0.25) is 4.90 Å². The van der Waals surface area contributed by atoms with Crippen molar-refractivity contribution in [3.8, 4) is 0 Å². The van der Waals surface area contributed by atoms with Gasteiger partial charge in [-0.25, -0.2) is 4.99 Å². The minimum Gasteiger partial charge on any atom is -0.379 e. The number of hydrogen-bond donors (Lipinski definition) is 1. The van der Waals surface area contributed by atoms with E-state index in [1.165, 1.54) is 11.1 Å². The van der Waals surface area contributed by atoms with Crippen LogP contribution >= 0.6 is 24.0 Å². The Balaban J connectivity index is 0.00000272. The topological polar surface area (TPSA) is 70.8 Å². The number of aromatic nitrogens is 3. The average Bonchev–Trinajstić information content (AvgIpc) is 3.11. The Kier molecular flexibility index (Phi) is 9.09. The van der Waals surface area contributed by atoms with Crippen molar-refractivity contribution in [2.24, 2.45) is 12.0 Å². The van der Waals surface area contributed by atoms with E-state index in [4.69, 9.17) is 9.73 Å². The first-order chi connectivity index (χ1) is 14.7. The Labute approximate surface area is 202 Å². The zero-order valence-corrected chi connectivity index (χ0v) is 20.9. The van der Waals surface area contributed by atoms with E-state index in [0.717, 1.165) is 82.9 Å². The van der Waals surface area contributed by atoms with E-state index in [9.17, 15) is 0 Å². The second kappa shape index (κ2) is 11.8. The molecule has 31 heavy (non-hydrogen) atoms. The summed E-state index contributed by atoms with van der Waals surface area (Å²) in [6.07, 6.45) is 2.14. The molecule has 0 radical (unpaired) electrons. The minimum absolute atomic E-state index is 0. The van der Waals surface area contributed by atoms with Crippen LogP contribution in [0.4, 0.5) is 0 Å². The van der Waals surface area contributed by atoms with Gasteiger partial charge >= 0.3 is 0 Å². The molecule has 4 rings (SSSR count). The summed E-state index contributed by atoms with van der Waals surface area (Å²) in [5.41, 5.74) is 2.84. The van der Waals surface area contributed by atoms with Gasteiger partial charge in [-0.2, -0.15) is 0 Å². The van der Waals surface area contributed by atoms with Crippen molar-refractivity contribution in [3.05, 3.63) is 47.0 Å². The van der Waals surface area contributed by atoms with Crippen LogP contribution in [-0.4, -0.2) is 76.5 Å². The number of halogens is 1. The molecule has 2 aliphatic heterocycles. The van der Waals surface area contributed by atoms with Gasteiger partial charge in [0.1, 0.15) is 12.4 Å². The summed E-state index contributed by atoms with van der Waals surface area (Å²) >= 11 is 0. The Hall–Kier alpha value is -1.72. The lowest BCUT2D eigenvalue weighted by Crippen LogP contribution is -2.45. The summed E-state index contributed by atoms with van der Waals surface area (Å²) in [5, 5.41) is 12.0. The van der Waals surface area contributed by atoms with E-state index in [1.54, 1.807) is 0 Å². The second-order valence-electron chi connectivity index (χ2n) is 8.04. The first kappa shape index (κ1) is 23.9. The van der Waals surface area contributed by atoms with Crippen LogP contribution in [0.15, 0.2) is 29.3 Å². The van der Waals surface area contributed by atoms with E-state index >= 15 is 0 Å². The van der Waals surface area contributed by atoms with Crippen LogP contribution in [-0.2, 0) is 31.3 Å². The third-order valence-electron chi connectivity index (χ3n) is 6.02. The normalized spacial score (nSPS) is 17.2. The number of fused-ring (bicyclic) bond motifs is 1. The zero-order chi connectivity index (χ0) is 20.8. The highest BCUT2D eigenvalue weighted by Crippen LogP contribution is 2.18. The highest BCUT2D eigenvalue weighted by atomic mass is 127. The molecule has 0 unspecified atom stereocenters. The maximum absolute atomic E-state index is 5.44. The molecule has 0 aliphatic carbocycles.